The molecule has 0 fully saturated rings. The average molecular weight is 926 g/mol. The van der Waals surface area contributed by atoms with E-state index < -0.39 is 15.2 Å². The average Bonchev–Trinajstić information content (AvgIpc) is 3.69. The number of nitrogens with one attached hydrogen (secondary N) is 1. The second-order valence-electron chi connectivity index (χ2n) is 17.7. The van der Waals surface area contributed by atoms with Gasteiger partial charge in [-0.3, -0.25) is 4.79 Å². The van der Waals surface area contributed by atoms with E-state index in [1.54, 1.807) is 24.3 Å². The molecule has 3 N–H and O–H groups in total. The lowest BCUT2D eigenvalue weighted by Gasteiger charge is -2.16. The zero-order chi connectivity index (χ0) is 47.7. The molecule has 1 heterocycles. The van der Waals surface area contributed by atoms with Crippen LogP contribution in [-0.4, -0.2) is 47.5 Å². The van der Waals surface area contributed by atoms with E-state index in [4.69, 9.17) is 34.1 Å². The third-order valence-corrected chi connectivity index (χ3v) is 12.8. The van der Waals surface area contributed by atoms with Gasteiger partial charge >= 0.3 is 7.12 Å². The van der Waals surface area contributed by atoms with E-state index in [1.165, 1.54) is 0 Å². The number of ether oxygens (including phenoxy) is 4. The van der Waals surface area contributed by atoms with Crippen molar-refractivity contribution >= 4 is 43.3 Å². The Labute approximate surface area is 401 Å². The van der Waals surface area contributed by atoms with E-state index in [0.717, 1.165) is 73.8 Å². The minimum absolute atomic E-state index is 0.0552. The number of carbonyl (C=O) groups is 1. The van der Waals surface area contributed by atoms with E-state index in [2.05, 4.69) is 85.6 Å². The van der Waals surface area contributed by atoms with Gasteiger partial charge in [-0.15, -0.1) is 0 Å². The maximum atomic E-state index is 12.8. The Hall–Kier alpha value is -6.96. The van der Waals surface area contributed by atoms with Crippen LogP contribution in [0.5, 0.6) is 17.2 Å². The fourth-order valence-corrected chi connectivity index (χ4v) is 8.02. The van der Waals surface area contributed by atoms with Crippen molar-refractivity contribution in [3.8, 4) is 39.5 Å². The quantitative estimate of drug-likeness (QED) is 0.0510. The Morgan fingerprint density at radius 3 is 1.49 bits per heavy atom. The van der Waals surface area contributed by atoms with Gasteiger partial charge in [0.25, 0.3) is 0 Å². The molecular weight excluding hydrogens is 866 g/mol. The lowest BCUT2D eigenvalue weighted by Crippen LogP contribution is -2.29. The van der Waals surface area contributed by atoms with Crippen LogP contribution in [0.25, 0.3) is 33.2 Å². The summed E-state index contributed by atoms with van der Waals surface area (Å²) in [7, 11) is -2.69. The third kappa shape index (κ3) is 14.5. The maximum Gasteiger partial charge on any atom is 0.488 e. The van der Waals surface area contributed by atoms with Crippen molar-refractivity contribution in [3.63, 3.8) is 0 Å². The molecule has 0 saturated carbocycles. The van der Waals surface area contributed by atoms with Gasteiger partial charge in [-0.1, -0.05) is 154 Å². The molecule has 0 aliphatic carbocycles. The van der Waals surface area contributed by atoms with Crippen LogP contribution < -0.4 is 25.0 Å². The van der Waals surface area contributed by atoms with Gasteiger partial charge in [0.15, 0.2) is 5.82 Å². The van der Waals surface area contributed by atoms with Crippen LogP contribution in [0, 0.1) is 0 Å². The van der Waals surface area contributed by atoms with Gasteiger partial charge in [-0.05, 0) is 105 Å². The molecule has 10 nitrogen and oxygen atoms in total. The van der Waals surface area contributed by atoms with Crippen molar-refractivity contribution in [1.29, 1.82) is 0 Å². The lowest BCUT2D eigenvalue weighted by molar-refractivity contribution is -0.116. The zero-order valence-electron chi connectivity index (χ0n) is 39.3. The summed E-state index contributed by atoms with van der Waals surface area (Å²) in [6, 6.07) is 58.6. The standard InChI is InChI=1S/C43H47N3O4Si.C13H13BO3/c1-5-12-42(47)44-43-40-27-38(34-17-21-36(22-18-34)49-29-32-13-8-6-9-14-32)39(28-41(40)46(45-43)31-48-25-26-51(2,3)4)35-19-23-37(24-20-35)50-30-33-15-10-7-11-16-33;15-14(16)12-6-8-13(9-7-12)17-10-11-4-2-1-3-5-11/h6-11,13-24,27-28H,5,12,25-26,29-31H2,1-4H3,(H,44,45,47);1-9,15-16H,10H2. The van der Waals surface area contributed by atoms with Gasteiger partial charge in [-0.2, -0.15) is 5.10 Å². The highest BCUT2D eigenvalue weighted by Crippen LogP contribution is 2.39. The van der Waals surface area contributed by atoms with Gasteiger partial charge in [-0.25, -0.2) is 4.68 Å². The molecule has 0 spiro atoms. The molecule has 0 unspecified atom stereocenters. The van der Waals surface area contributed by atoms with Crippen molar-refractivity contribution < 1.29 is 33.8 Å². The summed E-state index contributed by atoms with van der Waals surface area (Å²) in [5.41, 5.74) is 8.78. The SMILES string of the molecule is CCCC(=O)Nc1nn(COCC[Si](C)(C)C)c2cc(-c3ccc(OCc4ccccc4)cc3)c(-c3ccc(OCc4ccccc4)cc3)cc12.OB(O)c1ccc(OCc2ccccc2)cc1. The Kier molecular flexibility index (Phi) is 17.4. The van der Waals surface area contributed by atoms with Gasteiger partial charge in [0.2, 0.25) is 5.91 Å². The summed E-state index contributed by atoms with van der Waals surface area (Å²) in [4.78, 5) is 12.8. The molecule has 348 valence electrons. The maximum absolute atomic E-state index is 12.8. The summed E-state index contributed by atoms with van der Waals surface area (Å²) in [5, 5.41) is 26.7. The van der Waals surface area contributed by atoms with Gasteiger partial charge < -0.3 is 34.3 Å². The Morgan fingerprint density at radius 2 is 1.06 bits per heavy atom. The second kappa shape index (κ2) is 24.2. The van der Waals surface area contributed by atoms with Gasteiger partial charge in [0, 0.05) is 26.5 Å². The van der Waals surface area contributed by atoms with Crippen molar-refractivity contribution in [2.45, 2.75) is 72.0 Å². The summed E-state index contributed by atoms with van der Waals surface area (Å²) in [5.74, 6) is 2.78. The van der Waals surface area contributed by atoms with Crippen molar-refractivity contribution in [3.05, 3.63) is 193 Å². The molecular formula is C56H60BN3O7Si. The van der Waals surface area contributed by atoms with Crippen LogP contribution in [0.4, 0.5) is 5.82 Å². The number of aromatic nitrogens is 2. The predicted molar refractivity (Wildman–Crippen MR) is 277 cm³/mol. The van der Waals surface area contributed by atoms with Gasteiger partial charge in [0.1, 0.15) is 43.8 Å². The predicted octanol–water partition coefficient (Wildman–Crippen LogP) is 11.5. The molecule has 12 heteroatoms. The second-order valence-corrected chi connectivity index (χ2v) is 23.3. The number of benzene rings is 7. The first kappa shape index (κ1) is 49.0. The number of nitrogens with zero attached hydrogens (tertiary/aromatic N) is 2. The van der Waals surface area contributed by atoms with Gasteiger partial charge in [0.05, 0.1) is 5.52 Å². The zero-order valence-corrected chi connectivity index (χ0v) is 40.3. The number of rotatable bonds is 20. The first-order chi connectivity index (χ1) is 33.0. The fourth-order valence-electron chi connectivity index (χ4n) is 7.26. The fraction of sp³-hybridized carbons (Fsp3) is 0.214. The van der Waals surface area contributed by atoms with Crippen LogP contribution in [0.1, 0.15) is 36.5 Å². The number of fused-ring (bicyclic) bond motifs is 1. The van der Waals surface area contributed by atoms with Crippen molar-refractivity contribution in [2.75, 3.05) is 11.9 Å². The molecule has 1 amide bonds. The normalized spacial score (nSPS) is 11.1. The van der Waals surface area contributed by atoms with Crippen LogP contribution in [0.15, 0.2) is 176 Å². The molecule has 8 aromatic rings. The molecule has 0 saturated heterocycles. The molecule has 68 heavy (non-hydrogen) atoms. The number of carbonyl (C=O) groups excluding carboxylic acids is 1. The Balaban J connectivity index is 0.000000337. The number of amides is 1. The van der Waals surface area contributed by atoms with Crippen LogP contribution >= 0.6 is 0 Å². The van der Waals surface area contributed by atoms with Crippen LogP contribution in [0.2, 0.25) is 25.7 Å². The molecule has 0 aliphatic heterocycles. The summed E-state index contributed by atoms with van der Waals surface area (Å²) in [6.45, 7) is 11.5. The molecule has 1 aromatic heterocycles. The van der Waals surface area contributed by atoms with E-state index in [0.29, 0.717) is 56.6 Å². The summed E-state index contributed by atoms with van der Waals surface area (Å²) < 4.78 is 25.8. The topological polar surface area (TPSA) is 124 Å². The van der Waals surface area contributed by atoms with E-state index in [1.807, 2.05) is 103 Å². The minimum atomic E-state index is -1.43. The van der Waals surface area contributed by atoms with Crippen LogP contribution in [0.3, 0.4) is 0 Å². The van der Waals surface area contributed by atoms with E-state index in [9.17, 15) is 4.79 Å². The van der Waals surface area contributed by atoms with Crippen molar-refractivity contribution in [1.82, 2.24) is 9.78 Å². The molecule has 0 atom stereocenters. The highest BCUT2D eigenvalue weighted by atomic mass is 28.3. The smallest absolute Gasteiger partial charge is 0.488 e. The summed E-state index contributed by atoms with van der Waals surface area (Å²) in [6.07, 6.45) is 1.18. The monoisotopic (exact) mass is 925 g/mol. The largest absolute Gasteiger partial charge is 0.489 e. The number of hydrogen-bond donors (Lipinski definition) is 3. The Bertz CT molecular complexity index is 2780. The molecule has 0 aliphatic rings. The molecule has 7 aromatic carbocycles. The molecule has 8 rings (SSSR count). The molecule has 0 bridgehead atoms. The number of hydrogen-bond acceptors (Lipinski definition) is 8. The van der Waals surface area contributed by atoms with Crippen LogP contribution in [-0.2, 0) is 36.1 Å². The highest BCUT2D eigenvalue weighted by molar-refractivity contribution is 6.76. The molecule has 0 radical (unpaired) electrons. The highest BCUT2D eigenvalue weighted by Gasteiger charge is 2.20. The third-order valence-electron chi connectivity index (χ3n) is 11.1. The van der Waals surface area contributed by atoms with E-state index >= 15 is 0 Å². The number of anilines is 1. The summed E-state index contributed by atoms with van der Waals surface area (Å²) >= 11 is 0. The first-order valence-electron chi connectivity index (χ1n) is 23.1. The van der Waals surface area contributed by atoms with E-state index in [-0.39, 0.29) is 5.91 Å². The van der Waals surface area contributed by atoms with Crippen molar-refractivity contribution in [2.24, 2.45) is 0 Å². The Morgan fingerprint density at radius 1 is 0.618 bits per heavy atom. The lowest BCUT2D eigenvalue weighted by atomic mass is 9.80. The first-order valence-corrected chi connectivity index (χ1v) is 26.8. The minimum Gasteiger partial charge on any atom is -0.489 e.